The minimum absolute atomic E-state index is 0.765. The summed E-state index contributed by atoms with van der Waals surface area (Å²) in [5.74, 6) is 5.15. The van der Waals surface area contributed by atoms with Gasteiger partial charge in [0, 0.05) is 6.54 Å². The Hall–Kier alpha value is -0.600. The summed E-state index contributed by atoms with van der Waals surface area (Å²) in [5, 5.41) is 0. The largest absolute Gasteiger partial charge is 0.271 e. The Balaban J connectivity index is 3.56. The molecular weight excluding hydrogens is 148 g/mol. The fraction of sp³-hybridized carbons (Fsp3) is 0.600. The average molecular weight is 168 g/mol. The third-order valence-corrected chi connectivity index (χ3v) is 1.66. The molecule has 3 N–H and O–H groups in total. The van der Waals surface area contributed by atoms with Crippen LogP contribution in [0, 0.1) is 0 Å². The minimum Gasteiger partial charge on any atom is -0.271 e. The smallest absolute Gasteiger partial charge is 0.0281 e. The maximum absolute atomic E-state index is 5.15. The van der Waals surface area contributed by atoms with Gasteiger partial charge < -0.3 is 0 Å². The van der Waals surface area contributed by atoms with E-state index in [-0.39, 0.29) is 0 Å². The molecule has 0 spiro atoms. The Labute approximate surface area is 75.5 Å². The van der Waals surface area contributed by atoms with Crippen molar-refractivity contribution in [1.82, 2.24) is 5.43 Å². The van der Waals surface area contributed by atoms with E-state index in [2.05, 4.69) is 38.3 Å². The van der Waals surface area contributed by atoms with Gasteiger partial charge in [0.25, 0.3) is 0 Å². The van der Waals surface area contributed by atoms with Crippen LogP contribution in [0.4, 0.5) is 0 Å². The zero-order valence-corrected chi connectivity index (χ0v) is 8.35. The first-order valence-corrected chi connectivity index (χ1v) is 4.39. The molecule has 0 saturated carbocycles. The molecule has 0 amide bonds. The summed E-state index contributed by atoms with van der Waals surface area (Å²) in [7, 11) is 0. The van der Waals surface area contributed by atoms with Crippen LogP contribution >= 0.6 is 0 Å². The molecule has 0 aromatic carbocycles. The highest BCUT2D eigenvalue weighted by atomic mass is 15.2. The van der Waals surface area contributed by atoms with Crippen LogP contribution in [0.5, 0.6) is 0 Å². The van der Waals surface area contributed by atoms with Crippen LogP contribution in [0.25, 0.3) is 0 Å². The van der Waals surface area contributed by atoms with Crippen LogP contribution in [0.2, 0.25) is 0 Å². The van der Waals surface area contributed by atoms with Crippen molar-refractivity contribution in [1.29, 1.82) is 0 Å². The Morgan fingerprint density at radius 1 is 1.25 bits per heavy atom. The van der Waals surface area contributed by atoms with Crippen molar-refractivity contribution in [3.63, 3.8) is 0 Å². The number of hydrogen-bond acceptors (Lipinski definition) is 2. The molecule has 0 saturated heterocycles. The first-order valence-electron chi connectivity index (χ1n) is 4.39. The zero-order valence-electron chi connectivity index (χ0n) is 8.35. The summed E-state index contributed by atoms with van der Waals surface area (Å²) in [4.78, 5) is 0. The van der Waals surface area contributed by atoms with E-state index in [9.17, 15) is 0 Å². The molecule has 0 bridgehead atoms. The van der Waals surface area contributed by atoms with Gasteiger partial charge in [-0.2, -0.15) is 0 Å². The highest BCUT2D eigenvalue weighted by Gasteiger charge is 1.87. The lowest BCUT2D eigenvalue weighted by Crippen LogP contribution is -2.21. The molecule has 0 rings (SSSR count). The second-order valence-electron chi connectivity index (χ2n) is 3.28. The molecule has 0 aromatic rings. The summed E-state index contributed by atoms with van der Waals surface area (Å²) in [6.07, 6.45) is 6.65. The van der Waals surface area contributed by atoms with Crippen LogP contribution in [0.1, 0.15) is 33.6 Å². The molecule has 0 radical (unpaired) electrons. The number of nitrogens with one attached hydrogen (secondary N) is 1. The lowest BCUT2D eigenvalue weighted by atomic mass is 10.1. The first-order chi connectivity index (χ1) is 5.66. The molecule has 0 unspecified atom stereocenters. The third-order valence-electron chi connectivity index (χ3n) is 1.66. The van der Waals surface area contributed by atoms with E-state index < -0.39 is 0 Å². The van der Waals surface area contributed by atoms with E-state index in [0.717, 1.165) is 19.4 Å². The van der Waals surface area contributed by atoms with Gasteiger partial charge in [0.15, 0.2) is 0 Å². The molecular formula is C10H20N2. The fourth-order valence-electron chi connectivity index (χ4n) is 0.924. The summed E-state index contributed by atoms with van der Waals surface area (Å²) in [5.41, 5.74) is 5.39. The number of hydrazine groups is 1. The molecule has 0 atom stereocenters. The Morgan fingerprint density at radius 2 is 1.92 bits per heavy atom. The summed E-state index contributed by atoms with van der Waals surface area (Å²) < 4.78 is 0. The monoisotopic (exact) mass is 168 g/mol. The molecule has 0 fully saturated rings. The average Bonchev–Trinajstić information content (AvgIpc) is 2.00. The Bertz CT molecular complexity index is 165. The van der Waals surface area contributed by atoms with Crippen molar-refractivity contribution in [2.24, 2.45) is 5.84 Å². The molecule has 0 heterocycles. The van der Waals surface area contributed by atoms with Crippen LogP contribution in [-0.2, 0) is 0 Å². The van der Waals surface area contributed by atoms with E-state index in [1.54, 1.807) is 0 Å². The molecule has 0 aliphatic carbocycles. The number of allylic oxidation sites excluding steroid dienone is 3. The van der Waals surface area contributed by atoms with E-state index in [0.29, 0.717) is 0 Å². The molecule has 0 aliphatic rings. The van der Waals surface area contributed by atoms with Gasteiger partial charge in [-0.05, 0) is 33.6 Å². The van der Waals surface area contributed by atoms with Crippen LogP contribution in [0.15, 0.2) is 23.3 Å². The second kappa shape index (κ2) is 7.07. The molecule has 0 aromatic heterocycles. The van der Waals surface area contributed by atoms with Gasteiger partial charge in [0.1, 0.15) is 0 Å². The van der Waals surface area contributed by atoms with E-state index >= 15 is 0 Å². The van der Waals surface area contributed by atoms with Crippen molar-refractivity contribution < 1.29 is 0 Å². The molecule has 2 nitrogen and oxygen atoms in total. The predicted octanol–water partition coefficient (Wildman–Crippen LogP) is 2.14. The quantitative estimate of drug-likeness (QED) is 0.375. The van der Waals surface area contributed by atoms with Gasteiger partial charge in [0.05, 0.1) is 0 Å². The molecule has 70 valence electrons. The number of hydrogen-bond donors (Lipinski definition) is 2. The SMILES string of the molecule is CC(C)=CCC/C(C)=C/CNN. The van der Waals surface area contributed by atoms with Crippen LogP contribution in [0.3, 0.4) is 0 Å². The van der Waals surface area contributed by atoms with Crippen molar-refractivity contribution in [3.05, 3.63) is 23.3 Å². The maximum Gasteiger partial charge on any atom is 0.0281 e. The predicted molar refractivity (Wildman–Crippen MR) is 54.6 cm³/mol. The lowest BCUT2D eigenvalue weighted by molar-refractivity contribution is 0.812. The molecule has 2 heteroatoms. The zero-order chi connectivity index (χ0) is 9.40. The standard InChI is InChI=1S/C10H20N2/c1-9(2)5-4-6-10(3)7-8-12-11/h5,7,12H,4,6,8,11H2,1-3H3/b10-7+. The van der Waals surface area contributed by atoms with E-state index in [1.165, 1.54) is 11.1 Å². The molecule has 12 heavy (non-hydrogen) atoms. The highest BCUT2D eigenvalue weighted by Crippen LogP contribution is 2.05. The van der Waals surface area contributed by atoms with E-state index in [4.69, 9.17) is 5.84 Å². The van der Waals surface area contributed by atoms with Gasteiger partial charge >= 0.3 is 0 Å². The number of rotatable bonds is 5. The van der Waals surface area contributed by atoms with Crippen molar-refractivity contribution in [2.45, 2.75) is 33.6 Å². The fourth-order valence-corrected chi connectivity index (χ4v) is 0.924. The van der Waals surface area contributed by atoms with Gasteiger partial charge in [-0.3, -0.25) is 11.3 Å². The summed E-state index contributed by atoms with van der Waals surface area (Å²) in [6, 6.07) is 0. The third kappa shape index (κ3) is 7.51. The van der Waals surface area contributed by atoms with Gasteiger partial charge in [-0.15, -0.1) is 0 Å². The van der Waals surface area contributed by atoms with Crippen LogP contribution in [-0.4, -0.2) is 6.54 Å². The second-order valence-corrected chi connectivity index (χ2v) is 3.28. The van der Waals surface area contributed by atoms with E-state index in [1.807, 2.05) is 0 Å². The Kier molecular flexibility index (Phi) is 6.72. The lowest BCUT2D eigenvalue weighted by Gasteiger charge is -1.98. The van der Waals surface area contributed by atoms with Gasteiger partial charge in [0.2, 0.25) is 0 Å². The first kappa shape index (κ1) is 11.4. The summed E-state index contributed by atoms with van der Waals surface area (Å²) in [6.45, 7) is 7.15. The van der Waals surface area contributed by atoms with Crippen molar-refractivity contribution >= 4 is 0 Å². The van der Waals surface area contributed by atoms with Crippen molar-refractivity contribution in [3.8, 4) is 0 Å². The normalized spacial score (nSPS) is 11.5. The van der Waals surface area contributed by atoms with Gasteiger partial charge in [-0.1, -0.05) is 23.3 Å². The maximum atomic E-state index is 5.15. The minimum atomic E-state index is 0.765. The molecule has 0 aliphatic heterocycles. The van der Waals surface area contributed by atoms with Gasteiger partial charge in [-0.25, -0.2) is 0 Å². The topological polar surface area (TPSA) is 38.0 Å². The number of nitrogens with two attached hydrogens (primary N) is 1. The summed E-state index contributed by atoms with van der Waals surface area (Å²) >= 11 is 0. The van der Waals surface area contributed by atoms with Crippen LogP contribution < -0.4 is 11.3 Å². The highest BCUT2D eigenvalue weighted by molar-refractivity contribution is 5.02. The Morgan fingerprint density at radius 3 is 2.42 bits per heavy atom. The van der Waals surface area contributed by atoms with Crippen molar-refractivity contribution in [2.75, 3.05) is 6.54 Å².